The van der Waals surface area contributed by atoms with Gasteiger partial charge in [-0.25, -0.2) is 4.98 Å². The summed E-state index contributed by atoms with van der Waals surface area (Å²) in [5.41, 5.74) is -1.07. The van der Waals surface area contributed by atoms with E-state index in [0.29, 0.717) is 10.4 Å². The molecule has 0 saturated heterocycles. The summed E-state index contributed by atoms with van der Waals surface area (Å²) in [5, 5.41) is 10.9. The number of rotatable bonds is 5. The second kappa shape index (κ2) is 8.47. The van der Waals surface area contributed by atoms with Gasteiger partial charge in [-0.1, -0.05) is 45.9 Å². The molecular weight excluding hydrogens is 473 g/mol. The molecule has 142 valence electrons. The molecule has 3 nitrogen and oxygen atoms in total. The van der Waals surface area contributed by atoms with Crippen molar-refractivity contribution in [2.75, 3.05) is 5.75 Å². The molecule has 0 radical (unpaired) electrons. The van der Waals surface area contributed by atoms with Gasteiger partial charge >= 0.3 is 6.18 Å². The Morgan fingerprint density at radius 1 is 1.25 bits per heavy atom. The number of aromatic nitrogens is 1. The Bertz CT molecular complexity index is 1060. The Labute approximate surface area is 175 Å². The minimum atomic E-state index is -4.70. The molecule has 2 aromatic heterocycles. The molecule has 3 aromatic rings. The van der Waals surface area contributed by atoms with Crippen LogP contribution in [0.4, 0.5) is 13.2 Å². The van der Waals surface area contributed by atoms with Gasteiger partial charge in [0.2, 0.25) is 0 Å². The normalized spacial score (nSPS) is 11.2. The Hall–Kier alpha value is -2.15. The van der Waals surface area contributed by atoms with Gasteiger partial charge in [0.15, 0.2) is 5.78 Å². The van der Waals surface area contributed by atoms with Crippen LogP contribution < -0.4 is 0 Å². The highest BCUT2D eigenvalue weighted by atomic mass is 79.9. The first kappa shape index (κ1) is 20.6. The number of Topliss-reactive ketones (excluding diaryl/α,β-unsaturated/α-hetero) is 1. The van der Waals surface area contributed by atoms with Gasteiger partial charge in [-0.3, -0.25) is 4.79 Å². The first-order valence-corrected chi connectivity index (χ1v) is 10.4. The number of thiophene rings is 1. The smallest absolute Gasteiger partial charge is 0.293 e. The number of benzene rings is 1. The molecule has 0 spiro atoms. The van der Waals surface area contributed by atoms with E-state index in [4.69, 9.17) is 0 Å². The number of carbonyl (C=O) groups is 1. The quantitative estimate of drug-likeness (QED) is 0.310. The molecule has 0 N–H and O–H groups in total. The maximum atomic E-state index is 13.5. The average Bonchev–Trinajstić information content (AvgIpc) is 3.19. The number of nitrogens with zero attached hydrogens (tertiary/aromatic N) is 2. The summed E-state index contributed by atoms with van der Waals surface area (Å²) in [7, 11) is 0. The molecule has 0 atom stereocenters. The first-order chi connectivity index (χ1) is 13.3. The van der Waals surface area contributed by atoms with Crippen LogP contribution in [0.15, 0.2) is 57.3 Å². The maximum Gasteiger partial charge on any atom is 0.417 e. The van der Waals surface area contributed by atoms with E-state index in [9.17, 15) is 23.2 Å². The van der Waals surface area contributed by atoms with Crippen molar-refractivity contribution in [3.8, 4) is 16.6 Å². The third kappa shape index (κ3) is 4.63. The predicted molar refractivity (Wildman–Crippen MR) is 106 cm³/mol. The van der Waals surface area contributed by atoms with Crippen molar-refractivity contribution in [2.45, 2.75) is 11.2 Å². The molecular formula is C19H10BrF3N2OS2. The minimum Gasteiger partial charge on any atom is -0.293 e. The van der Waals surface area contributed by atoms with Gasteiger partial charge < -0.3 is 0 Å². The van der Waals surface area contributed by atoms with E-state index in [-0.39, 0.29) is 22.3 Å². The summed E-state index contributed by atoms with van der Waals surface area (Å²) < 4.78 is 41.2. The minimum absolute atomic E-state index is 0.107. The second-order valence-corrected chi connectivity index (χ2v) is 8.37. The van der Waals surface area contributed by atoms with Crippen molar-refractivity contribution < 1.29 is 18.0 Å². The molecule has 0 amide bonds. The summed E-state index contributed by atoms with van der Waals surface area (Å²) in [6, 6.07) is 12.5. The van der Waals surface area contributed by atoms with E-state index in [0.717, 1.165) is 22.3 Å². The Balaban J connectivity index is 1.98. The van der Waals surface area contributed by atoms with Gasteiger partial charge in [0, 0.05) is 10.0 Å². The van der Waals surface area contributed by atoms with Gasteiger partial charge in [0.1, 0.15) is 11.1 Å². The van der Waals surface area contributed by atoms with E-state index in [2.05, 4.69) is 20.9 Å². The van der Waals surface area contributed by atoms with Crippen molar-refractivity contribution in [1.29, 1.82) is 5.26 Å². The molecule has 3 rings (SSSR count). The number of hydrogen-bond acceptors (Lipinski definition) is 5. The zero-order chi connectivity index (χ0) is 20.3. The number of carbonyl (C=O) groups excluding carboxylic acids is 1. The number of alkyl halides is 3. The highest BCUT2D eigenvalue weighted by Gasteiger charge is 2.36. The summed E-state index contributed by atoms with van der Waals surface area (Å²) in [5.74, 6) is -0.407. The highest BCUT2D eigenvalue weighted by molar-refractivity contribution is 9.10. The van der Waals surface area contributed by atoms with Crippen LogP contribution in [0.25, 0.3) is 10.6 Å². The molecule has 0 aliphatic carbocycles. The molecule has 0 aliphatic rings. The van der Waals surface area contributed by atoms with Gasteiger partial charge in [-0.15, -0.1) is 11.3 Å². The molecule has 28 heavy (non-hydrogen) atoms. The lowest BCUT2D eigenvalue weighted by Crippen LogP contribution is -2.11. The number of nitriles is 1. The average molecular weight is 483 g/mol. The van der Waals surface area contributed by atoms with Crippen molar-refractivity contribution in [3.05, 3.63) is 69.0 Å². The molecule has 2 heterocycles. The monoisotopic (exact) mass is 482 g/mol. The Morgan fingerprint density at radius 3 is 2.64 bits per heavy atom. The van der Waals surface area contributed by atoms with E-state index in [1.54, 1.807) is 47.8 Å². The van der Waals surface area contributed by atoms with Crippen molar-refractivity contribution >= 4 is 44.8 Å². The third-order valence-corrected chi connectivity index (χ3v) is 6.02. The van der Waals surface area contributed by atoms with Gasteiger partial charge in [0.25, 0.3) is 0 Å². The van der Waals surface area contributed by atoms with Crippen molar-refractivity contribution in [3.63, 3.8) is 0 Å². The molecule has 0 fully saturated rings. The van der Waals surface area contributed by atoms with E-state index in [1.165, 1.54) is 11.3 Å². The molecule has 0 bridgehead atoms. The number of thioether (sulfide) groups is 1. The fourth-order valence-corrected chi connectivity index (χ4v) is 4.37. The molecule has 1 aromatic carbocycles. The number of ketones is 1. The molecule has 0 unspecified atom stereocenters. The summed E-state index contributed by atoms with van der Waals surface area (Å²) in [6.07, 6.45) is -4.70. The van der Waals surface area contributed by atoms with Gasteiger partial charge in [-0.05, 0) is 29.6 Å². The van der Waals surface area contributed by atoms with Crippen LogP contribution in [0.1, 0.15) is 21.5 Å². The first-order valence-electron chi connectivity index (χ1n) is 7.77. The summed E-state index contributed by atoms with van der Waals surface area (Å²) in [6.45, 7) is 0. The standard InChI is InChI=1S/C19H10BrF3N2OS2/c20-12-4-1-3-11(7-12)16(26)10-28-18-13(9-24)14(19(21,22)23)8-15(25-18)17-5-2-6-27-17/h1-8H,10H2. The Morgan fingerprint density at radius 2 is 2.04 bits per heavy atom. The van der Waals surface area contributed by atoms with Crippen LogP contribution in [0.3, 0.4) is 0 Å². The number of pyridine rings is 1. The van der Waals surface area contributed by atoms with Crippen LogP contribution >= 0.6 is 39.0 Å². The predicted octanol–water partition coefficient (Wildman–Crippen LogP) is 6.44. The van der Waals surface area contributed by atoms with Gasteiger partial charge in [0.05, 0.1) is 27.5 Å². The van der Waals surface area contributed by atoms with E-state index in [1.807, 2.05) is 0 Å². The van der Waals surface area contributed by atoms with E-state index >= 15 is 0 Å². The second-order valence-electron chi connectivity index (χ2n) is 5.54. The van der Waals surface area contributed by atoms with Crippen LogP contribution in [-0.2, 0) is 6.18 Å². The number of halogens is 4. The fourth-order valence-electron chi connectivity index (χ4n) is 2.39. The Kier molecular flexibility index (Phi) is 6.23. The van der Waals surface area contributed by atoms with Crippen LogP contribution in [0, 0.1) is 11.3 Å². The SMILES string of the molecule is N#Cc1c(C(F)(F)F)cc(-c2cccs2)nc1SCC(=O)c1cccc(Br)c1. The summed E-state index contributed by atoms with van der Waals surface area (Å²) >= 11 is 5.35. The van der Waals surface area contributed by atoms with Crippen LogP contribution in [0.5, 0.6) is 0 Å². The summed E-state index contributed by atoms with van der Waals surface area (Å²) in [4.78, 5) is 17.2. The highest BCUT2D eigenvalue weighted by Crippen LogP contribution is 2.38. The molecule has 0 aliphatic heterocycles. The largest absolute Gasteiger partial charge is 0.417 e. The van der Waals surface area contributed by atoms with Gasteiger partial charge in [-0.2, -0.15) is 18.4 Å². The van der Waals surface area contributed by atoms with Crippen LogP contribution in [-0.4, -0.2) is 16.5 Å². The third-order valence-electron chi connectivity index (χ3n) is 3.66. The van der Waals surface area contributed by atoms with Crippen molar-refractivity contribution in [2.24, 2.45) is 0 Å². The topological polar surface area (TPSA) is 53.8 Å². The fraction of sp³-hybridized carbons (Fsp3) is 0.105. The lowest BCUT2D eigenvalue weighted by molar-refractivity contribution is -0.138. The lowest BCUT2D eigenvalue weighted by atomic mass is 10.1. The zero-order valence-electron chi connectivity index (χ0n) is 14.0. The maximum absolute atomic E-state index is 13.5. The van der Waals surface area contributed by atoms with Crippen LogP contribution in [0.2, 0.25) is 0 Å². The van der Waals surface area contributed by atoms with Crippen molar-refractivity contribution in [1.82, 2.24) is 4.98 Å². The number of hydrogen-bond donors (Lipinski definition) is 0. The molecule has 0 saturated carbocycles. The molecule has 9 heteroatoms. The van der Waals surface area contributed by atoms with E-state index < -0.39 is 17.3 Å². The zero-order valence-corrected chi connectivity index (χ0v) is 17.2. The lowest BCUT2D eigenvalue weighted by Gasteiger charge is -2.13.